The fourth-order valence-corrected chi connectivity index (χ4v) is 6.33. The fraction of sp³-hybridized carbons (Fsp3) is 0.600. The van der Waals surface area contributed by atoms with Crippen molar-refractivity contribution < 1.29 is 17.9 Å². The minimum Gasteiger partial charge on any atom is -0.492 e. The molecule has 2 aromatic rings. The molecule has 0 spiro atoms. The van der Waals surface area contributed by atoms with Crippen LogP contribution in [0.15, 0.2) is 35.5 Å². The van der Waals surface area contributed by atoms with E-state index in [1.54, 1.807) is 15.8 Å². The number of para-hydroxylation sites is 2. The molecule has 0 bridgehead atoms. The van der Waals surface area contributed by atoms with Crippen LogP contribution in [0.4, 0.5) is 5.69 Å². The molecule has 1 aromatic carbocycles. The second-order valence-electron chi connectivity index (χ2n) is 9.11. The number of amides is 1. The first-order chi connectivity index (χ1) is 17.0. The smallest absolute Gasteiger partial charge is 0.263 e. The van der Waals surface area contributed by atoms with E-state index in [1.807, 2.05) is 38.1 Å². The average molecular weight is 504 g/mol. The fourth-order valence-electron chi connectivity index (χ4n) is 4.82. The number of benzene rings is 1. The molecule has 2 fully saturated rings. The molecule has 192 valence electrons. The Bertz CT molecular complexity index is 1100. The van der Waals surface area contributed by atoms with E-state index >= 15 is 0 Å². The molecule has 2 aliphatic heterocycles. The standard InChI is InChI=1S/C25H37N5O4S/c1-3-13-29-20-21(25(31)28-14-9-5-6-10-15-28)24(26-29)35(32,33)30-18-16-27(17-19-30)22-11-7-8-12-23(22)34-4-2/h7-8,11-12,20H,3-6,9-10,13-19H2,1-2H3. The highest BCUT2D eigenvalue weighted by molar-refractivity contribution is 7.89. The van der Waals surface area contributed by atoms with Gasteiger partial charge in [-0.15, -0.1) is 0 Å². The largest absolute Gasteiger partial charge is 0.492 e. The zero-order valence-corrected chi connectivity index (χ0v) is 21.7. The molecule has 3 heterocycles. The van der Waals surface area contributed by atoms with Crippen molar-refractivity contribution in [3.8, 4) is 5.75 Å². The van der Waals surface area contributed by atoms with Crippen molar-refractivity contribution >= 4 is 21.6 Å². The molecule has 0 unspecified atom stereocenters. The van der Waals surface area contributed by atoms with E-state index in [0.717, 1.165) is 43.5 Å². The number of ether oxygens (including phenoxy) is 1. The van der Waals surface area contributed by atoms with E-state index in [9.17, 15) is 13.2 Å². The van der Waals surface area contributed by atoms with Gasteiger partial charge < -0.3 is 14.5 Å². The molecule has 2 saturated heterocycles. The van der Waals surface area contributed by atoms with Gasteiger partial charge in [-0.3, -0.25) is 9.48 Å². The van der Waals surface area contributed by atoms with Gasteiger partial charge in [0, 0.05) is 52.0 Å². The number of piperazine rings is 1. The summed E-state index contributed by atoms with van der Waals surface area (Å²) in [5, 5.41) is 4.30. The van der Waals surface area contributed by atoms with E-state index in [4.69, 9.17) is 4.74 Å². The second kappa shape index (κ2) is 11.4. The molecule has 0 N–H and O–H groups in total. The number of carbonyl (C=O) groups is 1. The van der Waals surface area contributed by atoms with Gasteiger partial charge in [0.15, 0.2) is 0 Å². The van der Waals surface area contributed by atoms with Gasteiger partial charge in [-0.05, 0) is 38.3 Å². The first kappa shape index (κ1) is 25.5. The summed E-state index contributed by atoms with van der Waals surface area (Å²) in [7, 11) is -3.91. The van der Waals surface area contributed by atoms with Crippen LogP contribution < -0.4 is 9.64 Å². The van der Waals surface area contributed by atoms with Crippen molar-refractivity contribution in [2.75, 3.05) is 50.8 Å². The normalized spacial score (nSPS) is 17.9. The van der Waals surface area contributed by atoms with Crippen molar-refractivity contribution in [2.24, 2.45) is 0 Å². The molecule has 0 saturated carbocycles. The van der Waals surface area contributed by atoms with E-state index in [0.29, 0.717) is 52.4 Å². The average Bonchev–Trinajstić information content (AvgIpc) is 3.11. The predicted octanol–water partition coefficient (Wildman–Crippen LogP) is 3.22. The summed E-state index contributed by atoms with van der Waals surface area (Å²) in [6, 6.07) is 7.83. The van der Waals surface area contributed by atoms with E-state index in [-0.39, 0.29) is 16.5 Å². The lowest BCUT2D eigenvalue weighted by molar-refractivity contribution is 0.0757. The van der Waals surface area contributed by atoms with Crippen LogP contribution in [0, 0.1) is 0 Å². The van der Waals surface area contributed by atoms with Crippen LogP contribution in [0.1, 0.15) is 56.3 Å². The van der Waals surface area contributed by atoms with Crippen LogP contribution in [0.2, 0.25) is 0 Å². The third kappa shape index (κ3) is 5.64. The van der Waals surface area contributed by atoms with Gasteiger partial charge in [-0.25, -0.2) is 8.42 Å². The SMILES string of the molecule is CCCn1cc(C(=O)N2CCCCCC2)c(S(=O)(=O)N2CCN(c3ccccc3OCC)CC2)n1. The van der Waals surface area contributed by atoms with Crippen molar-refractivity contribution in [2.45, 2.75) is 57.5 Å². The number of likely N-dealkylation sites (tertiary alicyclic amines) is 1. The van der Waals surface area contributed by atoms with Crippen molar-refractivity contribution in [1.82, 2.24) is 19.0 Å². The highest BCUT2D eigenvalue weighted by Gasteiger charge is 2.36. The Morgan fingerprint density at radius 2 is 1.66 bits per heavy atom. The quantitative estimate of drug-likeness (QED) is 0.550. The number of rotatable bonds is 8. The maximum atomic E-state index is 13.7. The number of hydrogen-bond acceptors (Lipinski definition) is 6. The lowest BCUT2D eigenvalue weighted by atomic mass is 10.2. The third-order valence-electron chi connectivity index (χ3n) is 6.63. The molecular formula is C25H37N5O4S. The van der Waals surface area contributed by atoms with Gasteiger partial charge in [0.05, 0.1) is 17.9 Å². The number of aromatic nitrogens is 2. The molecular weight excluding hydrogens is 466 g/mol. The summed E-state index contributed by atoms with van der Waals surface area (Å²) in [6.07, 6.45) is 6.51. The van der Waals surface area contributed by atoms with E-state index in [2.05, 4.69) is 10.00 Å². The van der Waals surface area contributed by atoms with Crippen LogP contribution >= 0.6 is 0 Å². The van der Waals surface area contributed by atoms with Crippen LogP contribution in [0.3, 0.4) is 0 Å². The number of nitrogens with zero attached hydrogens (tertiary/aromatic N) is 5. The Kier molecular flexibility index (Phi) is 8.33. The maximum absolute atomic E-state index is 13.7. The molecule has 4 rings (SSSR count). The Hall–Kier alpha value is -2.59. The number of aryl methyl sites for hydroxylation is 1. The highest BCUT2D eigenvalue weighted by atomic mass is 32.2. The van der Waals surface area contributed by atoms with Gasteiger partial charge in [-0.2, -0.15) is 9.40 Å². The predicted molar refractivity (Wildman–Crippen MR) is 135 cm³/mol. The van der Waals surface area contributed by atoms with Crippen LogP contribution in [-0.2, 0) is 16.6 Å². The molecule has 9 nitrogen and oxygen atoms in total. The van der Waals surface area contributed by atoms with Crippen molar-refractivity contribution in [1.29, 1.82) is 0 Å². The lowest BCUT2D eigenvalue weighted by Crippen LogP contribution is -2.49. The maximum Gasteiger partial charge on any atom is 0.263 e. The summed E-state index contributed by atoms with van der Waals surface area (Å²) in [5.74, 6) is 0.576. The Morgan fingerprint density at radius 1 is 0.971 bits per heavy atom. The zero-order valence-electron chi connectivity index (χ0n) is 20.9. The number of hydrogen-bond donors (Lipinski definition) is 0. The molecule has 0 aliphatic carbocycles. The molecule has 10 heteroatoms. The highest BCUT2D eigenvalue weighted by Crippen LogP contribution is 2.30. The van der Waals surface area contributed by atoms with E-state index < -0.39 is 10.0 Å². The van der Waals surface area contributed by atoms with E-state index in [1.165, 1.54) is 4.31 Å². The molecule has 0 atom stereocenters. The van der Waals surface area contributed by atoms with Crippen LogP contribution in [-0.4, -0.2) is 79.2 Å². The summed E-state index contributed by atoms with van der Waals surface area (Å²) in [6.45, 7) is 8.13. The topological polar surface area (TPSA) is 88.0 Å². The van der Waals surface area contributed by atoms with Crippen LogP contribution in [0.5, 0.6) is 5.75 Å². The molecule has 1 amide bonds. The monoisotopic (exact) mass is 503 g/mol. The Labute approximate surface area is 208 Å². The van der Waals surface area contributed by atoms with Gasteiger partial charge in [0.1, 0.15) is 5.75 Å². The van der Waals surface area contributed by atoms with Gasteiger partial charge >= 0.3 is 0 Å². The minimum atomic E-state index is -3.91. The third-order valence-corrected chi connectivity index (χ3v) is 8.47. The first-order valence-corrected chi connectivity index (χ1v) is 14.2. The lowest BCUT2D eigenvalue weighted by Gasteiger charge is -2.35. The van der Waals surface area contributed by atoms with Crippen LogP contribution in [0.25, 0.3) is 0 Å². The summed E-state index contributed by atoms with van der Waals surface area (Å²) in [4.78, 5) is 17.4. The summed E-state index contributed by atoms with van der Waals surface area (Å²) >= 11 is 0. The van der Waals surface area contributed by atoms with Gasteiger partial charge in [0.25, 0.3) is 15.9 Å². The summed E-state index contributed by atoms with van der Waals surface area (Å²) < 4.78 is 36.3. The van der Waals surface area contributed by atoms with Crippen molar-refractivity contribution in [3.05, 3.63) is 36.0 Å². The second-order valence-corrected chi connectivity index (χ2v) is 11.0. The molecule has 0 radical (unpaired) electrons. The number of carbonyl (C=O) groups excluding carboxylic acids is 1. The number of anilines is 1. The molecule has 1 aromatic heterocycles. The zero-order chi connectivity index (χ0) is 24.8. The summed E-state index contributed by atoms with van der Waals surface area (Å²) in [5.41, 5.74) is 1.17. The minimum absolute atomic E-state index is 0.108. The van der Waals surface area contributed by atoms with Gasteiger partial charge in [-0.1, -0.05) is 31.9 Å². The Morgan fingerprint density at radius 3 is 2.31 bits per heavy atom. The van der Waals surface area contributed by atoms with Gasteiger partial charge in [0.2, 0.25) is 5.03 Å². The first-order valence-electron chi connectivity index (χ1n) is 12.8. The Balaban J connectivity index is 1.55. The molecule has 35 heavy (non-hydrogen) atoms. The molecule has 2 aliphatic rings. The number of sulfonamides is 1. The van der Waals surface area contributed by atoms with Crippen molar-refractivity contribution in [3.63, 3.8) is 0 Å².